The fraction of sp³-hybridized carbons (Fsp3) is 0.467. The fourth-order valence-electron chi connectivity index (χ4n) is 1.68. The molecule has 1 rings (SSSR count). The molecule has 0 saturated heterocycles. The predicted octanol–water partition coefficient (Wildman–Crippen LogP) is 1.65. The molecule has 0 aliphatic heterocycles. The molecule has 0 fully saturated rings. The van der Waals surface area contributed by atoms with Gasteiger partial charge in [0.25, 0.3) is 0 Å². The molecule has 1 aromatic rings. The number of nitrogens with one attached hydrogen (secondary N) is 2. The highest BCUT2D eigenvalue weighted by atomic mass is 32.2. The Labute approximate surface area is 130 Å². The van der Waals surface area contributed by atoms with Crippen molar-refractivity contribution in [3.63, 3.8) is 0 Å². The Morgan fingerprint density at radius 3 is 2.62 bits per heavy atom. The van der Waals surface area contributed by atoms with Crippen LogP contribution < -0.4 is 16.4 Å². The van der Waals surface area contributed by atoms with Gasteiger partial charge in [0.1, 0.15) is 0 Å². The van der Waals surface area contributed by atoms with Crippen LogP contribution in [-0.4, -0.2) is 30.2 Å². The average Bonchev–Trinajstić information content (AvgIpc) is 2.45. The van der Waals surface area contributed by atoms with Crippen LogP contribution in [0.15, 0.2) is 18.2 Å². The summed E-state index contributed by atoms with van der Waals surface area (Å²) >= 11 is 1.86. The Kier molecular flexibility index (Phi) is 7.25. The molecule has 0 heterocycles. The number of nitrogens with two attached hydrogens (primary N) is 1. The number of thioether (sulfide) groups is 1. The molecule has 0 saturated carbocycles. The first-order valence-corrected chi connectivity index (χ1v) is 7.95. The van der Waals surface area contributed by atoms with Crippen molar-refractivity contribution in [3.05, 3.63) is 29.3 Å². The van der Waals surface area contributed by atoms with Crippen molar-refractivity contribution in [3.8, 4) is 0 Å². The Balaban J connectivity index is 2.64. The van der Waals surface area contributed by atoms with Crippen molar-refractivity contribution in [2.75, 3.05) is 18.4 Å². The summed E-state index contributed by atoms with van der Waals surface area (Å²) in [7, 11) is 0. The smallest absolute Gasteiger partial charge is 0.243 e. The molecule has 0 atom stereocenters. The van der Waals surface area contributed by atoms with Gasteiger partial charge in [-0.2, -0.15) is 11.8 Å². The molecular formula is C15H23N3O2S. The molecule has 0 spiro atoms. The monoisotopic (exact) mass is 309 g/mol. The molecule has 0 bridgehead atoms. The summed E-state index contributed by atoms with van der Waals surface area (Å²) in [5.74, 6) is 0.314. The molecule has 2 amide bonds. The molecule has 6 heteroatoms. The summed E-state index contributed by atoms with van der Waals surface area (Å²) in [6.45, 7) is 6.12. The molecule has 0 aliphatic rings. The van der Waals surface area contributed by atoms with E-state index in [9.17, 15) is 9.59 Å². The van der Waals surface area contributed by atoms with Crippen LogP contribution in [0.4, 0.5) is 5.69 Å². The van der Waals surface area contributed by atoms with Crippen molar-refractivity contribution >= 4 is 29.3 Å². The second-order valence-corrected chi connectivity index (χ2v) is 6.54. The SMILES string of the molecule is Cc1c(CSC(C)C)cccc1NC(=O)CNC(=O)CN. The van der Waals surface area contributed by atoms with Crippen molar-refractivity contribution in [2.24, 2.45) is 5.73 Å². The lowest BCUT2D eigenvalue weighted by molar-refractivity contribution is -0.123. The second kappa shape index (κ2) is 8.69. The van der Waals surface area contributed by atoms with Crippen molar-refractivity contribution in [1.82, 2.24) is 5.32 Å². The first kappa shape index (κ1) is 17.5. The van der Waals surface area contributed by atoms with E-state index < -0.39 is 0 Å². The van der Waals surface area contributed by atoms with Gasteiger partial charge in [0, 0.05) is 11.4 Å². The van der Waals surface area contributed by atoms with Crippen LogP contribution in [0, 0.1) is 6.92 Å². The lowest BCUT2D eigenvalue weighted by atomic mass is 10.1. The quantitative estimate of drug-likeness (QED) is 0.715. The highest BCUT2D eigenvalue weighted by Crippen LogP contribution is 2.24. The minimum absolute atomic E-state index is 0.0690. The highest BCUT2D eigenvalue weighted by molar-refractivity contribution is 7.99. The summed E-state index contributed by atoms with van der Waals surface area (Å²) < 4.78 is 0. The minimum atomic E-state index is -0.344. The van der Waals surface area contributed by atoms with Crippen LogP contribution in [0.1, 0.15) is 25.0 Å². The number of carbonyl (C=O) groups is 2. The molecule has 0 unspecified atom stereocenters. The minimum Gasteiger partial charge on any atom is -0.346 e. The molecule has 116 valence electrons. The summed E-state index contributed by atoms with van der Waals surface area (Å²) in [4.78, 5) is 22.8. The molecule has 0 aliphatic carbocycles. The van der Waals surface area contributed by atoms with Crippen LogP contribution in [0.3, 0.4) is 0 Å². The summed E-state index contributed by atoms with van der Waals surface area (Å²) in [6, 6.07) is 5.86. The molecule has 5 nitrogen and oxygen atoms in total. The summed E-state index contributed by atoms with van der Waals surface area (Å²) in [6.07, 6.45) is 0. The zero-order chi connectivity index (χ0) is 15.8. The van der Waals surface area contributed by atoms with Gasteiger partial charge in [-0.15, -0.1) is 0 Å². The van der Waals surface area contributed by atoms with Crippen molar-refractivity contribution in [2.45, 2.75) is 31.8 Å². The zero-order valence-corrected chi connectivity index (χ0v) is 13.5. The van der Waals surface area contributed by atoms with Gasteiger partial charge in [0.05, 0.1) is 13.1 Å². The van der Waals surface area contributed by atoms with E-state index in [0.717, 1.165) is 17.0 Å². The van der Waals surface area contributed by atoms with Crippen LogP contribution in [0.5, 0.6) is 0 Å². The average molecular weight is 309 g/mol. The third-order valence-corrected chi connectivity index (χ3v) is 4.07. The van der Waals surface area contributed by atoms with Crippen LogP contribution in [0.2, 0.25) is 0 Å². The topological polar surface area (TPSA) is 84.2 Å². The maximum Gasteiger partial charge on any atom is 0.243 e. The van der Waals surface area contributed by atoms with Crippen molar-refractivity contribution < 1.29 is 9.59 Å². The molecule has 21 heavy (non-hydrogen) atoms. The van der Waals surface area contributed by atoms with Gasteiger partial charge in [-0.05, 0) is 29.4 Å². The maximum absolute atomic E-state index is 11.8. The van der Waals surface area contributed by atoms with E-state index >= 15 is 0 Å². The van der Waals surface area contributed by atoms with Gasteiger partial charge in [0.2, 0.25) is 11.8 Å². The number of hydrogen-bond acceptors (Lipinski definition) is 4. The van der Waals surface area contributed by atoms with Crippen LogP contribution in [-0.2, 0) is 15.3 Å². The van der Waals surface area contributed by atoms with Gasteiger partial charge in [-0.25, -0.2) is 0 Å². The van der Waals surface area contributed by atoms with E-state index in [4.69, 9.17) is 5.73 Å². The zero-order valence-electron chi connectivity index (χ0n) is 12.7. The highest BCUT2D eigenvalue weighted by Gasteiger charge is 2.09. The second-order valence-electron chi connectivity index (χ2n) is 4.98. The summed E-state index contributed by atoms with van der Waals surface area (Å²) in [5.41, 5.74) is 8.21. The fourth-order valence-corrected chi connectivity index (χ4v) is 2.50. The first-order chi connectivity index (χ1) is 9.93. The number of anilines is 1. The number of benzene rings is 1. The number of amides is 2. The maximum atomic E-state index is 11.8. The van der Waals surface area contributed by atoms with Gasteiger partial charge in [0.15, 0.2) is 0 Å². The normalized spacial score (nSPS) is 10.5. The summed E-state index contributed by atoms with van der Waals surface area (Å²) in [5, 5.41) is 5.82. The third kappa shape index (κ3) is 6.18. The third-order valence-electron chi connectivity index (χ3n) is 2.92. The van der Waals surface area contributed by atoms with Gasteiger partial charge >= 0.3 is 0 Å². The van der Waals surface area contributed by atoms with E-state index in [1.54, 1.807) is 0 Å². The molecule has 4 N–H and O–H groups in total. The molecule has 1 aromatic carbocycles. The lowest BCUT2D eigenvalue weighted by Crippen LogP contribution is -2.36. The van der Waals surface area contributed by atoms with Gasteiger partial charge < -0.3 is 16.4 Å². The Bertz CT molecular complexity index is 504. The number of carbonyl (C=O) groups excluding carboxylic acids is 2. The standard InChI is InChI=1S/C15H23N3O2S/c1-10(2)21-9-12-5-4-6-13(11(12)3)18-15(20)8-17-14(19)7-16/h4-6,10H,7-9,16H2,1-3H3,(H,17,19)(H,18,20). The molecular weight excluding hydrogens is 286 g/mol. The first-order valence-electron chi connectivity index (χ1n) is 6.90. The van der Waals surface area contributed by atoms with Crippen molar-refractivity contribution in [1.29, 1.82) is 0 Å². The van der Waals surface area contributed by atoms with Gasteiger partial charge in [-0.3, -0.25) is 9.59 Å². The largest absolute Gasteiger partial charge is 0.346 e. The predicted molar refractivity (Wildman–Crippen MR) is 88.3 cm³/mol. The van der Waals surface area contributed by atoms with E-state index in [1.165, 1.54) is 5.56 Å². The number of hydrogen-bond donors (Lipinski definition) is 3. The van der Waals surface area contributed by atoms with Gasteiger partial charge in [-0.1, -0.05) is 26.0 Å². The van der Waals surface area contributed by atoms with E-state index in [2.05, 4.69) is 30.5 Å². The lowest BCUT2D eigenvalue weighted by Gasteiger charge is -2.13. The van der Waals surface area contributed by atoms with E-state index in [-0.39, 0.29) is 24.9 Å². The van der Waals surface area contributed by atoms with Crippen LogP contribution >= 0.6 is 11.8 Å². The number of rotatable bonds is 7. The van der Waals surface area contributed by atoms with E-state index in [0.29, 0.717) is 5.25 Å². The Morgan fingerprint density at radius 2 is 2.00 bits per heavy atom. The van der Waals surface area contributed by atoms with Crippen LogP contribution in [0.25, 0.3) is 0 Å². The molecule has 0 aromatic heterocycles. The Morgan fingerprint density at radius 1 is 1.29 bits per heavy atom. The van der Waals surface area contributed by atoms with E-state index in [1.807, 2.05) is 30.8 Å². The molecule has 0 radical (unpaired) electrons. The Hall–Kier alpha value is -1.53.